The van der Waals surface area contributed by atoms with Crippen molar-refractivity contribution in [3.05, 3.63) is 28.8 Å². The molecule has 8 heteroatoms. The molecule has 20 heavy (non-hydrogen) atoms. The lowest BCUT2D eigenvalue weighted by Gasteiger charge is -2.11. The van der Waals surface area contributed by atoms with E-state index in [4.69, 9.17) is 21.4 Å². The van der Waals surface area contributed by atoms with Gasteiger partial charge in [0.1, 0.15) is 0 Å². The third kappa shape index (κ3) is 5.36. The van der Waals surface area contributed by atoms with Crippen LogP contribution in [0.15, 0.2) is 18.2 Å². The fraction of sp³-hybridized carbons (Fsp3) is 0.417. The molecule has 0 heterocycles. The number of hydrogen-bond donors (Lipinski definition) is 2. The summed E-state index contributed by atoms with van der Waals surface area (Å²) in [6.07, 6.45) is -0.0656. The number of aromatic carboxylic acids is 1. The van der Waals surface area contributed by atoms with Crippen molar-refractivity contribution >= 4 is 33.3 Å². The van der Waals surface area contributed by atoms with E-state index in [1.54, 1.807) is 13.8 Å². The first-order valence-electron chi connectivity index (χ1n) is 5.86. The van der Waals surface area contributed by atoms with Gasteiger partial charge in [-0.1, -0.05) is 11.6 Å². The standard InChI is InChI=1S/C12H16ClNO5S/c1-8(2)19-5-6-20(17,18)14-11-7-9(12(15)16)3-4-10(11)13/h3-4,7-8,14H,5-6H2,1-2H3,(H,15,16). The number of benzene rings is 1. The molecule has 0 spiro atoms. The Bertz CT molecular complexity index is 586. The van der Waals surface area contributed by atoms with E-state index in [0.717, 1.165) is 0 Å². The first kappa shape index (κ1) is 16.7. The highest BCUT2D eigenvalue weighted by Crippen LogP contribution is 2.24. The summed E-state index contributed by atoms with van der Waals surface area (Å²) in [7, 11) is -3.65. The molecule has 0 unspecified atom stereocenters. The van der Waals surface area contributed by atoms with Crippen LogP contribution >= 0.6 is 11.6 Å². The normalized spacial score (nSPS) is 11.6. The Morgan fingerprint density at radius 2 is 2.10 bits per heavy atom. The van der Waals surface area contributed by atoms with Crippen LogP contribution < -0.4 is 4.72 Å². The summed E-state index contributed by atoms with van der Waals surface area (Å²) in [4.78, 5) is 10.8. The zero-order valence-corrected chi connectivity index (χ0v) is 12.7. The van der Waals surface area contributed by atoms with Gasteiger partial charge in [0.25, 0.3) is 0 Å². The molecular weight excluding hydrogens is 306 g/mol. The number of sulfonamides is 1. The van der Waals surface area contributed by atoms with Gasteiger partial charge in [0.15, 0.2) is 0 Å². The van der Waals surface area contributed by atoms with Crippen LogP contribution in [0, 0.1) is 0 Å². The van der Waals surface area contributed by atoms with Gasteiger partial charge < -0.3 is 9.84 Å². The summed E-state index contributed by atoms with van der Waals surface area (Å²) >= 11 is 5.84. The maximum absolute atomic E-state index is 11.8. The lowest BCUT2D eigenvalue weighted by Crippen LogP contribution is -2.21. The molecule has 112 valence electrons. The summed E-state index contributed by atoms with van der Waals surface area (Å²) in [6, 6.07) is 3.79. The summed E-state index contributed by atoms with van der Waals surface area (Å²) in [6.45, 7) is 3.64. The van der Waals surface area contributed by atoms with Crippen molar-refractivity contribution in [2.75, 3.05) is 17.1 Å². The molecule has 0 fully saturated rings. The van der Waals surface area contributed by atoms with E-state index >= 15 is 0 Å². The number of carbonyl (C=O) groups is 1. The molecule has 0 aliphatic heterocycles. The maximum atomic E-state index is 11.8. The highest BCUT2D eigenvalue weighted by atomic mass is 35.5. The van der Waals surface area contributed by atoms with Crippen LogP contribution in [0.25, 0.3) is 0 Å². The van der Waals surface area contributed by atoms with E-state index in [0.29, 0.717) is 0 Å². The molecule has 0 bridgehead atoms. The van der Waals surface area contributed by atoms with Gasteiger partial charge in [-0.05, 0) is 32.0 Å². The molecule has 0 aliphatic carbocycles. The van der Waals surface area contributed by atoms with Gasteiger partial charge >= 0.3 is 5.97 Å². The van der Waals surface area contributed by atoms with Gasteiger partial charge in [0.05, 0.1) is 34.7 Å². The van der Waals surface area contributed by atoms with Gasteiger partial charge in [-0.15, -0.1) is 0 Å². The predicted molar refractivity (Wildman–Crippen MR) is 76.9 cm³/mol. The topological polar surface area (TPSA) is 92.7 Å². The van der Waals surface area contributed by atoms with Gasteiger partial charge in [-0.3, -0.25) is 4.72 Å². The molecule has 1 aromatic carbocycles. The van der Waals surface area contributed by atoms with Gasteiger partial charge in [0.2, 0.25) is 10.0 Å². The number of hydrogen-bond acceptors (Lipinski definition) is 4. The minimum atomic E-state index is -3.65. The molecule has 0 aromatic heterocycles. The van der Waals surface area contributed by atoms with Crippen molar-refractivity contribution in [2.45, 2.75) is 20.0 Å². The molecule has 0 saturated carbocycles. The SMILES string of the molecule is CC(C)OCCS(=O)(=O)Nc1cc(C(=O)O)ccc1Cl. The van der Waals surface area contributed by atoms with Crippen LogP contribution in [0.4, 0.5) is 5.69 Å². The fourth-order valence-electron chi connectivity index (χ4n) is 1.35. The Labute approximate surface area is 122 Å². The Kier molecular flexibility index (Phi) is 5.79. The number of halogens is 1. The van der Waals surface area contributed by atoms with Crippen molar-refractivity contribution in [3.8, 4) is 0 Å². The smallest absolute Gasteiger partial charge is 0.335 e. The Hall–Kier alpha value is -1.31. The average Bonchev–Trinajstić information content (AvgIpc) is 2.30. The first-order valence-corrected chi connectivity index (χ1v) is 7.89. The zero-order chi connectivity index (χ0) is 15.3. The molecule has 2 N–H and O–H groups in total. The lowest BCUT2D eigenvalue weighted by molar-refractivity contribution is 0.0696. The van der Waals surface area contributed by atoms with Crippen LogP contribution in [-0.4, -0.2) is 38.0 Å². The molecule has 6 nitrogen and oxygen atoms in total. The third-order valence-electron chi connectivity index (χ3n) is 2.28. The summed E-state index contributed by atoms with van der Waals surface area (Å²) in [5, 5.41) is 8.99. The maximum Gasteiger partial charge on any atom is 0.335 e. The Morgan fingerprint density at radius 1 is 1.45 bits per heavy atom. The highest BCUT2D eigenvalue weighted by Gasteiger charge is 2.15. The van der Waals surface area contributed by atoms with E-state index in [2.05, 4.69) is 4.72 Å². The molecule has 0 amide bonds. The number of rotatable bonds is 7. The quantitative estimate of drug-likeness (QED) is 0.803. The molecule has 0 aliphatic rings. The third-order valence-corrected chi connectivity index (χ3v) is 3.85. The number of ether oxygens (including phenoxy) is 1. The number of carboxylic acids is 1. The predicted octanol–water partition coefficient (Wildman–Crippen LogP) is 2.20. The number of anilines is 1. The largest absolute Gasteiger partial charge is 0.478 e. The second-order valence-electron chi connectivity index (χ2n) is 4.34. The molecule has 1 rings (SSSR count). The van der Waals surface area contributed by atoms with Crippen molar-refractivity contribution < 1.29 is 23.1 Å². The fourth-order valence-corrected chi connectivity index (χ4v) is 2.49. The summed E-state index contributed by atoms with van der Waals surface area (Å²) < 4.78 is 31.0. The Balaban J connectivity index is 2.81. The molecule has 0 saturated heterocycles. The zero-order valence-electron chi connectivity index (χ0n) is 11.1. The molecule has 0 radical (unpaired) electrons. The second kappa shape index (κ2) is 6.92. The molecule has 0 atom stereocenters. The van der Waals surface area contributed by atoms with Gasteiger partial charge in [0, 0.05) is 0 Å². The van der Waals surface area contributed by atoms with Crippen LogP contribution in [0.1, 0.15) is 24.2 Å². The van der Waals surface area contributed by atoms with E-state index in [1.807, 2.05) is 0 Å². The number of nitrogens with one attached hydrogen (secondary N) is 1. The van der Waals surface area contributed by atoms with E-state index in [-0.39, 0.29) is 34.7 Å². The summed E-state index contributed by atoms with van der Waals surface area (Å²) in [5.74, 6) is -1.40. The Morgan fingerprint density at radius 3 is 2.65 bits per heavy atom. The number of carboxylic acid groups (broad SMARTS) is 1. The minimum Gasteiger partial charge on any atom is -0.478 e. The van der Waals surface area contributed by atoms with E-state index < -0.39 is 16.0 Å². The second-order valence-corrected chi connectivity index (χ2v) is 6.59. The van der Waals surface area contributed by atoms with Crippen molar-refractivity contribution in [3.63, 3.8) is 0 Å². The monoisotopic (exact) mass is 321 g/mol. The van der Waals surface area contributed by atoms with Crippen molar-refractivity contribution in [2.24, 2.45) is 0 Å². The molecular formula is C12H16ClNO5S. The molecule has 1 aromatic rings. The van der Waals surface area contributed by atoms with Gasteiger partial charge in [-0.2, -0.15) is 0 Å². The van der Waals surface area contributed by atoms with Crippen LogP contribution in [0.5, 0.6) is 0 Å². The van der Waals surface area contributed by atoms with Crippen molar-refractivity contribution in [1.82, 2.24) is 0 Å². The minimum absolute atomic E-state index is 0.0381. The average molecular weight is 322 g/mol. The summed E-state index contributed by atoms with van der Waals surface area (Å²) in [5.41, 5.74) is -0.0124. The van der Waals surface area contributed by atoms with E-state index in [9.17, 15) is 13.2 Å². The van der Waals surface area contributed by atoms with Crippen LogP contribution in [-0.2, 0) is 14.8 Å². The highest BCUT2D eigenvalue weighted by molar-refractivity contribution is 7.92. The van der Waals surface area contributed by atoms with Crippen molar-refractivity contribution in [1.29, 1.82) is 0 Å². The van der Waals surface area contributed by atoms with Gasteiger partial charge in [-0.25, -0.2) is 13.2 Å². The van der Waals surface area contributed by atoms with Crippen LogP contribution in [0.3, 0.4) is 0 Å². The lowest BCUT2D eigenvalue weighted by atomic mass is 10.2. The first-order chi connectivity index (χ1) is 9.21. The van der Waals surface area contributed by atoms with Crippen LogP contribution in [0.2, 0.25) is 5.02 Å². The van der Waals surface area contributed by atoms with E-state index in [1.165, 1.54) is 18.2 Å².